The molecular formula is C5H11NO. The van der Waals surface area contributed by atoms with Crippen molar-refractivity contribution in [1.29, 1.82) is 0 Å². The van der Waals surface area contributed by atoms with Gasteiger partial charge < -0.3 is 4.74 Å². The molecule has 1 heterocycles. The molecule has 0 aromatic heterocycles. The van der Waals surface area contributed by atoms with E-state index in [0.717, 1.165) is 13.5 Å². The van der Waals surface area contributed by atoms with E-state index < -0.39 is 0 Å². The summed E-state index contributed by atoms with van der Waals surface area (Å²) in [4.78, 5) is 2.26. The highest BCUT2D eigenvalue weighted by Gasteiger charge is 2.10. The van der Waals surface area contributed by atoms with Gasteiger partial charge in [0.1, 0.15) is 13.5 Å². The van der Waals surface area contributed by atoms with Crippen LogP contribution in [-0.2, 0) is 4.74 Å². The van der Waals surface area contributed by atoms with Crippen LogP contribution in [0, 0.1) is 0 Å². The third-order valence-electron chi connectivity index (χ3n) is 1.09. The van der Waals surface area contributed by atoms with E-state index in [2.05, 4.69) is 11.8 Å². The van der Waals surface area contributed by atoms with Crippen molar-refractivity contribution in [3.8, 4) is 0 Å². The monoisotopic (exact) mass is 101 g/mol. The van der Waals surface area contributed by atoms with Gasteiger partial charge in [0.25, 0.3) is 0 Å². The van der Waals surface area contributed by atoms with Crippen molar-refractivity contribution in [3.05, 3.63) is 0 Å². The lowest BCUT2D eigenvalue weighted by Crippen LogP contribution is -2.40. The van der Waals surface area contributed by atoms with Gasteiger partial charge in [-0.2, -0.15) is 0 Å². The molecule has 42 valence electrons. The van der Waals surface area contributed by atoms with Gasteiger partial charge in [-0.15, -0.1) is 0 Å². The molecule has 7 heavy (non-hydrogen) atoms. The standard InChI is InChI=1S/C5H11NO/c1-2-3-6-4-7-5-6/h2-5H2,1H3. The van der Waals surface area contributed by atoms with E-state index in [9.17, 15) is 0 Å². The Hall–Kier alpha value is -0.0800. The molecule has 1 aliphatic heterocycles. The van der Waals surface area contributed by atoms with Crippen LogP contribution in [-0.4, -0.2) is 24.9 Å². The summed E-state index contributed by atoms with van der Waals surface area (Å²) in [6.45, 7) is 5.08. The first-order chi connectivity index (χ1) is 3.43. The largest absolute Gasteiger partial charge is 0.351 e. The topological polar surface area (TPSA) is 12.5 Å². The zero-order valence-electron chi connectivity index (χ0n) is 4.68. The van der Waals surface area contributed by atoms with E-state index >= 15 is 0 Å². The Kier molecular flexibility index (Phi) is 1.65. The van der Waals surface area contributed by atoms with Crippen molar-refractivity contribution in [2.24, 2.45) is 0 Å². The Morgan fingerprint density at radius 3 is 2.43 bits per heavy atom. The summed E-state index contributed by atoms with van der Waals surface area (Å²) in [6.07, 6.45) is 1.24. The van der Waals surface area contributed by atoms with Crippen molar-refractivity contribution in [2.45, 2.75) is 13.3 Å². The first-order valence-electron chi connectivity index (χ1n) is 2.73. The summed E-state index contributed by atoms with van der Waals surface area (Å²) < 4.78 is 4.91. The molecule has 0 atom stereocenters. The summed E-state index contributed by atoms with van der Waals surface area (Å²) >= 11 is 0. The quantitative estimate of drug-likeness (QED) is 0.506. The maximum Gasteiger partial charge on any atom is 0.103 e. The predicted octanol–water partition coefficient (Wildman–Crippen LogP) is 0.644. The van der Waals surface area contributed by atoms with Crippen LogP contribution in [0.1, 0.15) is 13.3 Å². The molecule has 0 radical (unpaired) electrons. The van der Waals surface area contributed by atoms with E-state index in [0.29, 0.717) is 0 Å². The minimum atomic E-state index is 0.855. The minimum Gasteiger partial charge on any atom is -0.351 e. The molecule has 0 aromatic rings. The molecular weight excluding hydrogens is 90.1 g/mol. The lowest BCUT2D eigenvalue weighted by Gasteiger charge is -2.29. The highest BCUT2D eigenvalue weighted by Crippen LogP contribution is 2.00. The van der Waals surface area contributed by atoms with Crippen molar-refractivity contribution in [1.82, 2.24) is 4.90 Å². The summed E-state index contributed by atoms with van der Waals surface area (Å²) in [5.41, 5.74) is 0. The molecule has 1 fully saturated rings. The van der Waals surface area contributed by atoms with Crippen LogP contribution >= 0.6 is 0 Å². The van der Waals surface area contributed by atoms with Gasteiger partial charge in [0.2, 0.25) is 0 Å². The fourth-order valence-electron chi connectivity index (χ4n) is 0.666. The normalized spacial score (nSPS) is 21.9. The first-order valence-corrected chi connectivity index (χ1v) is 2.73. The molecule has 0 unspecified atom stereocenters. The zero-order valence-corrected chi connectivity index (χ0v) is 4.68. The average molecular weight is 101 g/mol. The Balaban J connectivity index is 1.93. The highest BCUT2D eigenvalue weighted by atomic mass is 16.5. The van der Waals surface area contributed by atoms with E-state index in [1.165, 1.54) is 13.0 Å². The number of rotatable bonds is 2. The Bertz CT molecular complexity index is 52.0. The Morgan fingerprint density at radius 1 is 1.57 bits per heavy atom. The molecule has 1 aliphatic rings. The molecule has 0 amide bonds. The Labute approximate surface area is 44.1 Å². The molecule has 1 saturated heterocycles. The molecule has 2 heteroatoms. The summed E-state index contributed by atoms with van der Waals surface area (Å²) in [5.74, 6) is 0. The molecule has 0 N–H and O–H groups in total. The lowest BCUT2D eigenvalue weighted by atomic mass is 10.4. The second-order valence-corrected chi connectivity index (χ2v) is 1.86. The molecule has 2 nitrogen and oxygen atoms in total. The second-order valence-electron chi connectivity index (χ2n) is 1.86. The van der Waals surface area contributed by atoms with Gasteiger partial charge in [-0.3, -0.25) is 4.90 Å². The zero-order chi connectivity index (χ0) is 5.11. The molecule has 0 bridgehead atoms. The van der Waals surface area contributed by atoms with Crippen molar-refractivity contribution >= 4 is 0 Å². The third-order valence-corrected chi connectivity index (χ3v) is 1.09. The van der Waals surface area contributed by atoms with Gasteiger partial charge in [0.15, 0.2) is 0 Å². The van der Waals surface area contributed by atoms with Crippen LogP contribution in [0.3, 0.4) is 0 Å². The van der Waals surface area contributed by atoms with Crippen LogP contribution in [0.4, 0.5) is 0 Å². The van der Waals surface area contributed by atoms with Gasteiger partial charge >= 0.3 is 0 Å². The van der Waals surface area contributed by atoms with Crippen LogP contribution in [0.5, 0.6) is 0 Å². The van der Waals surface area contributed by atoms with Crippen LogP contribution < -0.4 is 0 Å². The van der Waals surface area contributed by atoms with Gasteiger partial charge in [-0.1, -0.05) is 6.92 Å². The van der Waals surface area contributed by atoms with E-state index in [-0.39, 0.29) is 0 Å². The molecule has 0 aromatic carbocycles. The number of hydrogen-bond acceptors (Lipinski definition) is 2. The SMILES string of the molecule is CCCN1COC1. The fraction of sp³-hybridized carbons (Fsp3) is 1.00. The van der Waals surface area contributed by atoms with Crippen molar-refractivity contribution in [2.75, 3.05) is 20.0 Å². The average Bonchev–Trinajstić information content (AvgIpc) is 1.55. The van der Waals surface area contributed by atoms with E-state index in [1.807, 2.05) is 0 Å². The van der Waals surface area contributed by atoms with E-state index in [1.54, 1.807) is 0 Å². The van der Waals surface area contributed by atoms with Gasteiger partial charge in [-0.05, 0) is 6.42 Å². The van der Waals surface area contributed by atoms with Crippen molar-refractivity contribution < 1.29 is 4.74 Å². The van der Waals surface area contributed by atoms with Crippen molar-refractivity contribution in [3.63, 3.8) is 0 Å². The van der Waals surface area contributed by atoms with Crippen LogP contribution in [0.2, 0.25) is 0 Å². The van der Waals surface area contributed by atoms with Crippen LogP contribution in [0.25, 0.3) is 0 Å². The maximum atomic E-state index is 4.91. The van der Waals surface area contributed by atoms with Crippen LogP contribution in [0.15, 0.2) is 0 Å². The third kappa shape index (κ3) is 1.14. The minimum absolute atomic E-state index is 0.855. The molecule has 0 aliphatic carbocycles. The first kappa shape index (κ1) is 5.06. The van der Waals surface area contributed by atoms with Gasteiger partial charge in [-0.25, -0.2) is 0 Å². The maximum absolute atomic E-state index is 4.91. The predicted molar refractivity (Wildman–Crippen MR) is 27.8 cm³/mol. The number of ether oxygens (including phenoxy) is 1. The fourth-order valence-corrected chi connectivity index (χ4v) is 0.666. The van der Waals surface area contributed by atoms with Gasteiger partial charge in [0, 0.05) is 6.54 Å². The summed E-state index contributed by atoms with van der Waals surface area (Å²) in [5, 5.41) is 0. The Morgan fingerprint density at radius 2 is 2.29 bits per heavy atom. The smallest absolute Gasteiger partial charge is 0.103 e. The van der Waals surface area contributed by atoms with Gasteiger partial charge in [0.05, 0.1) is 0 Å². The van der Waals surface area contributed by atoms with E-state index in [4.69, 9.17) is 4.74 Å². The molecule has 0 spiro atoms. The lowest BCUT2D eigenvalue weighted by molar-refractivity contribution is -0.143. The summed E-state index contributed by atoms with van der Waals surface area (Å²) in [6, 6.07) is 0. The number of nitrogens with zero attached hydrogens (tertiary/aromatic N) is 1. The second kappa shape index (κ2) is 2.28. The number of hydrogen-bond donors (Lipinski definition) is 0. The summed E-state index contributed by atoms with van der Waals surface area (Å²) in [7, 11) is 0. The molecule has 1 rings (SSSR count). The molecule has 0 saturated carbocycles. The highest BCUT2D eigenvalue weighted by molar-refractivity contribution is 4.50.